The molecule has 3 rings (SSSR count). The third-order valence-corrected chi connectivity index (χ3v) is 4.01. The lowest BCUT2D eigenvalue weighted by Crippen LogP contribution is -2.24. The zero-order valence-electron chi connectivity index (χ0n) is 10.7. The van der Waals surface area contributed by atoms with Gasteiger partial charge in [-0.25, -0.2) is 0 Å². The summed E-state index contributed by atoms with van der Waals surface area (Å²) < 4.78 is 5.75. The van der Waals surface area contributed by atoms with Crippen molar-refractivity contribution < 1.29 is 4.74 Å². The molecule has 0 aromatic heterocycles. The van der Waals surface area contributed by atoms with Gasteiger partial charge in [0.1, 0.15) is 12.4 Å². The maximum absolute atomic E-state index is 5.75. The third kappa shape index (κ3) is 2.19. The van der Waals surface area contributed by atoms with E-state index in [1.807, 2.05) is 0 Å². The number of ether oxygens (including phenoxy) is 1. The van der Waals surface area contributed by atoms with E-state index in [-0.39, 0.29) is 0 Å². The van der Waals surface area contributed by atoms with Crippen molar-refractivity contribution in [1.29, 1.82) is 0 Å². The van der Waals surface area contributed by atoms with E-state index in [4.69, 9.17) is 4.74 Å². The lowest BCUT2D eigenvalue weighted by Gasteiger charge is -2.13. The predicted octanol–water partition coefficient (Wildman–Crippen LogP) is 3.39. The average molecular weight is 231 g/mol. The molecule has 2 unspecified atom stereocenters. The molecule has 92 valence electrons. The molecule has 1 fully saturated rings. The van der Waals surface area contributed by atoms with Gasteiger partial charge in [0, 0.05) is 11.6 Å². The Balaban J connectivity index is 1.84. The molecule has 2 atom stereocenters. The van der Waals surface area contributed by atoms with Gasteiger partial charge in [0.25, 0.3) is 0 Å². The first kappa shape index (κ1) is 11.1. The minimum absolute atomic E-state index is 0.418. The van der Waals surface area contributed by atoms with Crippen LogP contribution in [-0.4, -0.2) is 12.6 Å². The highest BCUT2D eigenvalue weighted by atomic mass is 16.5. The van der Waals surface area contributed by atoms with E-state index in [1.54, 1.807) is 0 Å². The molecule has 2 nitrogen and oxygen atoms in total. The molecule has 0 saturated heterocycles. The van der Waals surface area contributed by atoms with Crippen molar-refractivity contribution in [1.82, 2.24) is 5.32 Å². The second-order valence-corrected chi connectivity index (χ2v) is 5.41. The van der Waals surface area contributed by atoms with Crippen LogP contribution in [0, 0.1) is 0 Å². The molecule has 1 saturated carbocycles. The molecular formula is C15H21NO. The number of hydrogen-bond donors (Lipinski definition) is 1. The standard InChI is InChI=1S/C15H21NO/c1-3-10(2)11-4-7-15-13(8-11)14(9-17-15)16-12-5-6-12/h4,7-8,10,12,14,16H,3,5-6,9H2,1-2H3. The fraction of sp³-hybridized carbons (Fsp3) is 0.600. The van der Waals surface area contributed by atoms with Crippen LogP contribution in [-0.2, 0) is 0 Å². The lowest BCUT2D eigenvalue weighted by atomic mass is 9.95. The van der Waals surface area contributed by atoms with Crippen molar-refractivity contribution in [3.8, 4) is 5.75 Å². The predicted molar refractivity (Wildman–Crippen MR) is 69.5 cm³/mol. The first-order valence-electron chi connectivity index (χ1n) is 6.80. The molecular weight excluding hydrogens is 210 g/mol. The van der Waals surface area contributed by atoms with Crippen molar-refractivity contribution in [2.75, 3.05) is 6.61 Å². The van der Waals surface area contributed by atoms with Gasteiger partial charge >= 0.3 is 0 Å². The molecule has 1 aromatic carbocycles. The Labute approximate surface area is 103 Å². The quantitative estimate of drug-likeness (QED) is 0.857. The molecule has 17 heavy (non-hydrogen) atoms. The summed E-state index contributed by atoms with van der Waals surface area (Å²) in [5, 5.41) is 3.67. The average Bonchev–Trinajstić information content (AvgIpc) is 3.09. The minimum atomic E-state index is 0.418. The first-order valence-corrected chi connectivity index (χ1v) is 6.80. The molecule has 0 bridgehead atoms. The maximum atomic E-state index is 5.75. The number of hydrogen-bond acceptors (Lipinski definition) is 2. The monoisotopic (exact) mass is 231 g/mol. The van der Waals surface area contributed by atoms with E-state index in [0.29, 0.717) is 12.0 Å². The fourth-order valence-corrected chi connectivity index (χ4v) is 2.45. The van der Waals surface area contributed by atoms with Crippen LogP contribution in [0.25, 0.3) is 0 Å². The lowest BCUT2D eigenvalue weighted by molar-refractivity contribution is 0.310. The summed E-state index contributed by atoms with van der Waals surface area (Å²) >= 11 is 0. The van der Waals surface area contributed by atoms with E-state index >= 15 is 0 Å². The molecule has 2 aliphatic rings. The van der Waals surface area contributed by atoms with E-state index in [0.717, 1.165) is 18.4 Å². The van der Waals surface area contributed by atoms with Gasteiger partial charge in [0.2, 0.25) is 0 Å². The number of rotatable bonds is 4. The van der Waals surface area contributed by atoms with Crippen molar-refractivity contribution in [2.24, 2.45) is 0 Å². The molecule has 0 radical (unpaired) electrons. The van der Waals surface area contributed by atoms with Gasteiger partial charge in [-0.05, 0) is 36.8 Å². The second kappa shape index (κ2) is 4.34. The summed E-state index contributed by atoms with van der Waals surface area (Å²) in [4.78, 5) is 0. The van der Waals surface area contributed by atoms with E-state index < -0.39 is 0 Å². The second-order valence-electron chi connectivity index (χ2n) is 5.41. The smallest absolute Gasteiger partial charge is 0.124 e. The normalized spacial score (nSPS) is 24.2. The van der Waals surface area contributed by atoms with Gasteiger partial charge in [-0.3, -0.25) is 0 Å². The van der Waals surface area contributed by atoms with Crippen LogP contribution in [0.4, 0.5) is 0 Å². The van der Waals surface area contributed by atoms with Gasteiger partial charge in [-0.2, -0.15) is 0 Å². The van der Waals surface area contributed by atoms with Gasteiger partial charge in [-0.1, -0.05) is 26.0 Å². The zero-order valence-corrected chi connectivity index (χ0v) is 10.7. The Kier molecular flexibility index (Phi) is 2.83. The Hall–Kier alpha value is -1.02. The summed E-state index contributed by atoms with van der Waals surface area (Å²) in [6.07, 6.45) is 3.86. The number of benzene rings is 1. The van der Waals surface area contributed by atoms with Gasteiger partial charge in [0.05, 0.1) is 6.04 Å². The summed E-state index contributed by atoms with van der Waals surface area (Å²) in [5.41, 5.74) is 2.81. The van der Waals surface area contributed by atoms with Crippen LogP contribution in [0.1, 0.15) is 56.2 Å². The van der Waals surface area contributed by atoms with Gasteiger partial charge < -0.3 is 10.1 Å². The van der Waals surface area contributed by atoms with Crippen LogP contribution in [0.5, 0.6) is 5.75 Å². The van der Waals surface area contributed by atoms with Crippen molar-refractivity contribution >= 4 is 0 Å². The Morgan fingerprint density at radius 1 is 1.41 bits per heavy atom. The Bertz CT molecular complexity index is 411. The molecule has 1 aliphatic heterocycles. The summed E-state index contributed by atoms with van der Waals surface area (Å²) in [5.74, 6) is 1.72. The molecule has 1 aromatic rings. The van der Waals surface area contributed by atoms with Crippen molar-refractivity contribution in [2.45, 2.75) is 51.1 Å². The molecule has 1 heterocycles. The Morgan fingerprint density at radius 3 is 2.94 bits per heavy atom. The van der Waals surface area contributed by atoms with E-state index in [1.165, 1.54) is 30.4 Å². The molecule has 1 N–H and O–H groups in total. The first-order chi connectivity index (χ1) is 8.28. The largest absolute Gasteiger partial charge is 0.491 e. The van der Waals surface area contributed by atoms with Gasteiger partial charge in [0.15, 0.2) is 0 Å². The van der Waals surface area contributed by atoms with Crippen LogP contribution in [0.3, 0.4) is 0 Å². The van der Waals surface area contributed by atoms with Crippen LogP contribution < -0.4 is 10.1 Å². The summed E-state index contributed by atoms with van der Waals surface area (Å²) in [6, 6.07) is 7.86. The van der Waals surface area contributed by atoms with E-state index in [2.05, 4.69) is 37.4 Å². The highest BCUT2D eigenvalue weighted by molar-refractivity contribution is 5.43. The van der Waals surface area contributed by atoms with Crippen LogP contribution in [0.2, 0.25) is 0 Å². The SMILES string of the molecule is CCC(C)c1ccc2c(c1)C(NC1CC1)CO2. The van der Waals surface area contributed by atoms with Crippen molar-refractivity contribution in [3.05, 3.63) is 29.3 Å². The molecule has 0 spiro atoms. The third-order valence-electron chi connectivity index (χ3n) is 4.01. The maximum Gasteiger partial charge on any atom is 0.124 e. The van der Waals surface area contributed by atoms with Crippen LogP contribution >= 0.6 is 0 Å². The van der Waals surface area contributed by atoms with Gasteiger partial charge in [-0.15, -0.1) is 0 Å². The number of fused-ring (bicyclic) bond motifs is 1. The highest BCUT2D eigenvalue weighted by Crippen LogP contribution is 2.37. The zero-order chi connectivity index (χ0) is 11.8. The summed E-state index contributed by atoms with van der Waals surface area (Å²) in [6.45, 7) is 5.34. The Morgan fingerprint density at radius 2 is 2.24 bits per heavy atom. The fourth-order valence-electron chi connectivity index (χ4n) is 2.45. The van der Waals surface area contributed by atoms with Crippen LogP contribution in [0.15, 0.2) is 18.2 Å². The minimum Gasteiger partial charge on any atom is -0.491 e. The summed E-state index contributed by atoms with van der Waals surface area (Å²) in [7, 11) is 0. The van der Waals surface area contributed by atoms with Crippen molar-refractivity contribution in [3.63, 3.8) is 0 Å². The highest BCUT2D eigenvalue weighted by Gasteiger charge is 2.30. The van der Waals surface area contributed by atoms with E-state index in [9.17, 15) is 0 Å². The molecule has 1 aliphatic carbocycles. The topological polar surface area (TPSA) is 21.3 Å². The number of nitrogens with one attached hydrogen (secondary N) is 1. The molecule has 0 amide bonds. The molecule has 2 heteroatoms.